The maximum Gasteiger partial charge on any atom is 0.296 e. The SMILES string of the molecule is CN1CCOc2ccc(/C(O)=C3/C(=O)C(=O)N(Cc4ccco4)C3c3cccs3)cc21. The molecule has 7 nitrogen and oxygen atoms in total. The fraction of sp³-hybridized carbons (Fsp3) is 0.217. The Kier molecular flexibility index (Phi) is 4.78. The number of ketones is 1. The third kappa shape index (κ3) is 3.29. The third-order valence-corrected chi connectivity index (χ3v) is 6.51. The van der Waals surface area contributed by atoms with E-state index < -0.39 is 17.7 Å². The Morgan fingerprint density at radius 1 is 1.23 bits per heavy atom. The van der Waals surface area contributed by atoms with Crippen molar-refractivity contribution in [2.45, 2.75) is 12.6 Å². The molecule has 1 saturated heterocycles. The van der Waals surface area contributed by atoms with Gasteiger partial charge in [-0.25, -0.2) is 0 Å². The molecule has 0 radical (unpaired) electrons. The average Bonchev–Trinajstić information content (AvgIpc) is 3.52. The first kappa shape index (κ1) is 19.4. The standard InChI is InChI=1S/C23H20N2O5S/c1-24-8-10-30-17-7-6-14(12-16(17)24)21(26)19-20(18-5-3-11-31-18)25(23(28)22(19)27)13-15-4-2-9-29-15/h2-7,9,11-12,20,26H,8,10,13H2,1H3/b21-19-. The summed E-state index contributed by atoms with van der Waals surface area (Å²) in [5, 5.41) is 13.1. The molecule has 0 bridgehead atoms. The summed E-state index contributed by atoms with van der Waals surface area (Å²) in [6.07, 6.45) is 1.53. The number of aliphatic hydroxyl groups excluding tert-OH is 1. The first-order chi connectivity index (χ1) is 15.0. The molecule has 1 N–H and O–H groups in total. The van der Waals surface area contributed by atoms with E-state index in [2.05, 4.69) is 0 Å². The molecule has 8 heteroatoms. The summed E-state index contributed by atoms with van der Waals surface area (Å²) in [5.41, 5.74) is 1.37. The van der Waals surface area contributed by atoms with Crippen LogP contribution in [0, 0.1) is 0 Å². The minimum absolute atomic E-state index is 0.0818. The van der Waals surface area contributed by atoms with Crippen LogP contribution in [0.2, 0.25) is 0 Å². The lowest BCUT2D eigenvalue weighted by Crippen LogP contribution is -2.28. The molecule has 1 aromatic carbocycles. The quantitative estimate of drug-likeness (QED) is 0.381. The zero-order valence-corrected chi connectivity index (χ0v) is 17.6. The highest BCUT2D eigenvalue weighted by Gasteiger charge is 2.46. The number of carbonyl (C=O) groups excluding carboxylic acids is 2. The molecular formula is C23H20N2O5S. The summed E-state index contributed by atoms with van der Waals surface area (Å²) in [6.45, 7) is 1.45. The van der Waals surface area contributed by atoms with Crippen LogP contribution in [0.25, 0.3) is 5.76 Å². The smallest absolute Gasteiger partial charge is 0.296 e. The van der Waals surface area contributed by atoms with Crippen LogP contribution in [-0.2, 0) is 16.1 Å². The van der Waals surface area contributed by atoms with Gasteiger partial charge in [-0.1, -0.05) is 6.07 Å². The Hall–Kier alpha value is -3.52. The fourth-order valence-corrected chi connectivity index (χ4v) is 4.86. The lowest BCUT2D eigenvalue weighted by Gasteiger charge is -2.28. The van der Waals surface area contributed by atoms with Crippen LogP contribution < -0.4 is 9.64 Å². The number of carbonyl (C=O) groups is 2. The van der Waals surface area contributed by atoms with Crippen LogP contribution in [-0.4, -0.2) is 41.9 Å². The van der Waals surface area contributed by atoms with Gasteiger partial charge in [-0.15, -0.1) is 11.3 Å². The van der Waals surface area contributed by atoms with E-state index >= 15 is 0 Å². The average molecular weight is 436 g/mol. The summed E-state index contributed by atoms with van der Waals surface area (Å²) in [7, 11) is 1.94. The number of anilines is 1. The zero-order valence-electron chi connectivity index (χ0n) is 16.8. The van der Waals surface area contributed by atoms with E-state index in [9.17, 15) is 14.7 Å². The molecule has 0 spiro atoms. The number of nitrogens with zero attached hydrogens (tertiary/aromatic N) is 2. The van der Waals surface area contributed by atoms with E-state index in [0.717, 1.165) is 22.9 Å². The van der Waals surface area contributed by atoms with Crippen LogP contribution in [0.3, 0.4) is 0 Å². The minimum atomic E-state index is -0.704. The van der Waals surface area contributed by atoms with Gasteiger partial charge in [-0.05, 0) is 41.8 Å². The van der Waals surface area contributed by atoms with Crippen LogP contribution >= 0.6 is 11.3 Å². The van der Waals surface area contributed by atoms with Crippen molar-refractivity contribution in [1.82, 2.24) is 4.90 Å². The molecule has 1 amide bonds. The van der Waals surface area contributed by atoms with Gasteiger partial charge in [0.2, 0.25) is 0 Å². The number of rotatable bonds is 4. The van der Waals surface area contributed by atoms with E-state index in [0.29, 0.717) is 17.9 Å². The van der Waals surface area contributed by atoms with Crippen molar-refractivity contribution in [2.24, 2.45) is 0 Å². The molecule has 4 heterocycles. The number of Topliss-reactive ketones (excluding diaryl/α,β-unsaturated/α-hetero) is 1. The van der Waals surface area contributed by atoms with Crippen molar-refractivity contribution in [3.63, 3.8) is 0 Å². The second-order valence-electron chi connectivity index (χ2n) is 7.47. The summed E-state index contributed by atoms with van der Waals surface area (Å²) in [5.74, 6) is -0.269. The molecule has 2 aliphatic heterocycles. The molecular weight excluding hydrogens is 416 g/mol. The Morgan fingerprint density at radius 2 is 2.10 bits per heavy atom. The molecule has 0 saturated carbocycles. The van der Waals surface area contributed by atoms with E-state index in [1.54, 1.807) is 30.3 Å². The molecule has 31 heavy (non-hydrogen) atoms. The number of aliphatic hydroxyl groups is 1. The van der Waals surface area contributed by atoms with Crippen LogP contribution in [0.1, 0.15) is 22.2 Å². The van der Waals surface area contributed by atoms with Gasteiger partial charge >= 0.3 is 0 Å². The van der Waals surface area contributed by atoms with Gasteiger partial charge in [0.15, 0.2) is 0 Å². The molecule has 2 aromatic heterocycles. The molecule has 1 atom stereocenters. The minimum Gasteiger partial charge on any atom is -0.507 e. The highest BCUT2D eigenvalue weighted by atomic mass is 32.1. The molecule has 0 aliphatic carbocycles. The predicted octanol–water partition coefficient (Wildman–Crippen LogP) is 3.79. The highest BCUT2D eigenvalue weighted by molar-refractivity contribution is 7.10. The lowest BCUT2D eigenvalue weighted by molar-refractivity contribution is -0.140. The molecule has 5 rings (SSSR count). The maximum absolute atomic E-state index is 13.0. The second-order valence-corrected chi connectivity index (χ2v) is 8.45. The Morgan fingerprint density at radius 3 is 2.84 bits per heavy atom. The first-order valence-corrected chi connectivity index (χ1v) is 10.7. The number of thiophene rings is 1. The number of hydrogen-bond acceptors (Lipinski definition) is 7. The highest BCUT2D eigenvalue weighted by Crippen LogP contribution is 2.43. The molecule has 158 valence electrons. The van der Waals surface area contributed by atoms with E-state index in [4.69, 9.17) is 9.15 Å². The topological polar surface area (TPSA) is 83.2 Å². The summed E-state index contributed by atoms with van der Waals surface area (Å²) in [6, 6.07) is 11.8. The van der Waals surface area contributed by atoms with Gasteiger partial charge in [0.1, 0.15) is 29.9 Å². The molecule has 1 unspecified atom stereocenters. The number of amides is 1. The van der Waals surface area contributed by atoms with Gasteiger partial charge in [0.25, 0.3) is 11.7 Å². The van der Waals surface area contributed by atoms with Crippen LogP contribution in [0.15, 0.2) is 64.1 Å². The van der Waals surface area contributed by atoms with Gasteiger partial charge in [0, 0.05) is 17.5 Å². The summed E-state index contributed by atoms with van der Waals surface area (Å²) >= 11 is 1.43. The van der Waals surface area contributed by atoms with Crippen molar-refractivity contribution < 1.29 is 23.8 Å². The monoisotopic (exact) mass is 436 g/mol. The van der Waals surface area contributed by atoms with Gasteiger partial charge in [-0.3, -0.25) is 9.59 Å². The number of benzene rings is 1. The number of fused-ring (bicyclic) bond motifs is 1. The Bertz CT molecular complexity index is 1170. The molecule has 2 aliphatic rings. The van der Waals surface area contributed by atoms with Crippen molar-refractivity contribution in [2.75, 3.05) is 25.1 Å². The van der Waals surface area contributed by atoms with E-state index in [1.165, 1.54) is 22.5 Å². The van der Waals surface area contributed by atoms with Crippen molar-refractivity contribution in [1.29, 1.82) is 0 Å². The summed E-state index contributed by atoms with van der Waals surface area (Å²) in [4.78, 5) is 30.3. The Balaban J connectivity index is 1.62. The van der Waals surface area contributed by atoms with Crippen LogP contribution in [0.4, 0.5) is 5.69 Å². The fourth-order valence-electron chi connectivity index (χ4n) is 4.01. The number of likely N-dealkylation sites (N-methyl/N-ethyl adjacent to an activating group) is 1. The Labute approximate surface area is 182 Å². The second kappa shape index (κ2) is 7.63. The number of likely N-dealkylation sites (tertiary alicyclic amines) is 1. The number of ether oxygens (including phenoxy) is 1. The largest absolute Gasteiger partial charge is 0.507 e. The molecule has 1 fully saturated rings. The first-order valence-electron chi connectivity index (χ1n) is 9.87. The van der Waals surface area contributed by atoms with Crippen molar-refractivity contribution >= 4 is 34.5 Å². The zero-order chi connectivity index (χ0) is 21.5. The van der Waals surface area contributed by atoms with Crippen molar-refractivity contribution in [3.05, 3.63) is 75.9 Å². The van der Waals surface area contributed by atoms with Crippen LogP contribution in [0.5, 0.6) is 5.75 Å². The lowest BCUT2D eigenvalue weighted by atomic mass is 9.99. The normalized spacial score (nSPS) is 20.1. The van der Waals surface area contributed by atoms with Gasteiger partial charge < -0.3 is 24.1 Å². The van der Waals surface area contributed by atoms with Gasteiger partial charge in [-0.2, -0.15) is 0 Å². The number of furan rings is 1. The van der Waals surface area contributed by atoms with E-state index in [1.807, 2.05) is 29.5 Å². The predicted molar refractivity (Wildman–Crippen MR) is 116 cm³/mol. The van der Waals surface area contributed by atoms with Gasteiger partial charge in [0.05, 0.1) is 30.6 Å². The van der Waals surface area contributed by atoms with Crippen molar-refractivity contribution in [3.8, 4) is 5.75 Å². The third-order valence-electron chi connectivity index (χ3n) is 5.59. The van der Waals surface area contributed by atoms with E-state index in [-0.39, 0.29) is 17.9 Å². The summed E-state index contributed by atoms with van der Waals surface area (Å²) < 4.78 is 11.1. The molecule has 3 aromatic rings. The number of hydrogen-bond donors (Lipinski definition) is 1. The maximum atomic E-state index is 13.0.